The second-order valence-corrected chi connectivity index (χ2v) is 6.90. The Kier molecular flexibility index (Phi) is 5.82. The fourth-order valence-corrected chi connectivity index (χ4v) is 3.30. The highest BCUT2D eigenvalue weighted by Gasteiger charge is 2.16. The van der Waals surface area contributed by atoms with Gasteiger partial charge in [0, 0.05) is 49.5 Å². The number of allylic oxidation sites excluding steroid dienone is 1. The maximum Gasteiger partial charge on any atom is 0.203 e. The normalized spacial score (nSPS) is 11.1. The van der Waals surface area contributed by atoms with E-state index in [1.165, 1.54) is 21.3 Å². The Bertz CT molecular complexity index is 1050. The van der Waals surface area contributed by atoms with Crippen LogP contribution < -0.4 is 19.1 Å². The zero-order valence-corrected chi connectivity index (χ0v) is 17.6. The third-order valence-electron chi connectivity index (χ3n) is 4.88. The molecule has 0 saturated carbocycles. The predicted molar refractivity (Wildman–Crippen MR) is 117 cm³/mol. The Labute approximate surface area is 170 Å². The topological polar surface area (TPSA) is 52.9 Å². The van der Waals surface area contributed by atoms with Gasteiger partial charge in [0.05, 0.1) is 26.8 Å². The molecule has 0 radical (unpaired) electrons. The minimum atomic E-state index is -0.147. The molecule has 29 heavy (non-hydrogen) atoms. The molecule has 0 aliphatic carbocycles. The van der Waals surface area contributed by atoms with Crippen molar-refractivity contribution >= 4 is 28.4 Å². The number of ether oxygens (including phenoxy) is 3. The molecule has 2 aromatic carbocycles. The van der Waals surface area contributed by atoms with E-state index in [4.69, 9.17) is 14.2 Å². The van der Waals surface area contributed by atoms with Gasteiger partial charge < -0.3 is 23.7 Å². The van der Waals surface area contributed by atoms with E-state index in [9.17, 15) is 4.79 Å². The van der Waals surface area contributed by atoms with Crippen LogP contribution in [0.2, 0.25) is 0 Å². The van der Waals surface area contributed by atoms with Gasteiger partial charge in [0.1, 0.15) is 0 Å². The number of aryl methyl sites for hydroxylation is 1. The molecule has 0 saturated heterocycles. The van der Waals surface area contributed by atoms with Gasteiger partial charge in [-0.05, 0) is 36.4 Å². The Balaban J connectivity index is 1.95. The third-order valence-corrected chi connectivity index (χ3v) is 4.88. The van der Waals surface area contributed by atoms with Crippen molar-refractivity contribution in [1.82, 2.24) is 4.57 Å². The van der Waals surface area contributed by atoms with Gasteiger partial charge in [0.25, 0.3) is 0 Å². The fourth-order valence-electron chi connectivity index (χ4n) is 3.30. The van der Waals surface area contributed by atoms with Crippen molar-refractivity contribution in [3.63, 3.8) is 0 Å². The summed E-state index contributed by atoms with van der Waals surface area (Å²) < 4.78 is 18.0. The summed E-state index contributed by atoms with van der Waals surface area (Å²) in [5.74, 6) is 1.21. The molecule has 3 aromatic rings. The number of fused-ring (bicyclic) bond motifs is 1. The first-order valence-electron chi connectivity index (χ1n) is 9.18. The van der Waals surface area contributed by atoms with Crippen LogP contribution in [-0.4, -0.2) is 45.8 Å². The first-order chi connectivity index (χ1) is 13.9. The Morgan fingerprint density at radius 1 is 1.00 bits per heavy atom. The van der Waals surface area contributed by atoms with Crippen molar-refractivity contribution < 1.29 is 19.0 Å². The van der Waals surface area contributed by atoms with Crippen LogP contribution >= 0.6 is 0 Å². The number of rotatable bonds is 7. The molecule has 1 heterocycles. The summed E-state index contributed by atoms with van der Waals surface area (Å²) in [6.07, 6.45) is 5.42. The van der Waals surface area contributed by atoms with E-state index in [1.807, 2.05) is 33.4 Å². The van der Waals surface area contributed by atoms with Crippen LogP contribution in [0.1, 0.15) is 15.9 Å². The Morgan fingerprint density at radius 3 is 2.21 bits per heavy atom. The summed E-state index contributed by atoms with van der Waals surface area (Å²) in [5.41, 5.74) is 3.68. The Hall–Kier alpha value is -3.41. The smallest absolute Gasteiger partial charge is 0.203 e. The van der Waals surface area contributed by atoms with Crippen LogP contribution in [0.25, 0.3) is 17.0 Å². The van der Waals surface area contributed by atoms with E-state index in [2.05, 4.69) is 27.7 Å². The van der Waals surface area contributed by atoms with E-state index in [1.54, 1.807) is 18.2 Å². The maximum atomic E-state index is 12.8. The second kappa shape index (κ2) is 8.31. The number of anilines is 1. The number of ketones is 1. The van der Waals surface area contributed by atoms with Gasteiger partial charge >= 0.3 is 0 Å². The highest BCUT2D eigenvalue weighted by molar-refractivity contribution is 6.08. The number of methoxy groups -OCH3 is 3. The van der Waals surface area contributed by atoms with Gasteiger partial charge in [0.2, 0.25) is 5.75 Å². The number of benzene rings is 2. The highest BCUT2D eigenvalue weighted by Crippen LogP contribution is 2.38. The molecule has 0 unspecified atom stereocenters. The number of carbonyl (C=O) groups excluding carboxylic acids is 1. The zero-order valence-electron chi connectivity index (χ0n) is 17.6. The van der Waals surface area contributed by atoms with Crippen molar-refractivity contribution in [3.05, 3.63) is 53.7 Å². The van der Waals surface area contributed by atoms with E-state index in [-0.39, 0.29) is 5.78 Å². The van der Waals surface area contributed by atoms with Crippen molar-refractivity contribution in [2.45, 2.75) is 0 Å². The lowest BCUT2D eigenvalue weighted by Gasteiger charge is -2.13. The zero-order chi connectivity index (χ0) is 21.1. The van der Waals surface area contributed by atoms with Gasteiger partial charge in [0.15, 0.2) is 17.3 Å². The average Bonchev–Trinajstić information content (AvgIpc) is 3.05. The molecule has 152 valence electrons. The van der Waals surface area contributed by atoms with Gasteiger partial charge in [-0.1, -0.05) is 6.07 Å². The average molecular weight is 394 g/mol. The SMILES string of the molecule is COc1cc(C(=O)/C=C/c2cn(C)c3cc(N(C)C)ccc23)cc(OC)c1OC. The molecule has 3 rings (SSSR count). The standard InChI is InChI=1S/C23H26N2O4/c1-24(2)17-8-9-18-15(14-25(3)19(18)13-17)7-10-20(26)16-11-21(27-4)23(29-6)22(12-16)28-5/h7-14H,1-6H3/b10-7+. The van der Waals surface area contributed by atoms with Gasteiger partial charge in [-0.15, -0.1) is 0 Å². The summed E-state index contributed by atoms with van der Waals surface area (Å²) in [6.45, 7) is 0. The third kappa shape index (κ3) is 3.92. The lowest BCUT2D eigenvalue weighted by atomic mass is 10.1. The summed E-state index contributed by atoms with van der Waals surface area (Å²) in [4.78, 5) is 14.9. The quantitative estimate of drug-likeness (QED) is 0.445. The van der Waals surface area contributed by atoms with E-state index in [0.29, 0.717) is 22.8 Å². The minimum absolute atomic E-state index is 0.147. The van der Waals surface area contributed by atoms with Gasteiger partial charge in [-0.2, -0.15) is 0 Å². The molecule has 0 N–H and O–H groups in total. The van der Waals surface area contributed by atoms with Crippen LogP contribution in [0, 0.1) is 0 Å². The van der Waals surface area contributed by atoms with Crippen LogP contribution in [0.3, 0.4) is 0 Å². The Morgan fingerprint density at radius 2 is 1.66 bits per heavy atom. The summed E-state index contributed by atoms with van der Waals surface area (Å²) in [5, 5.41) is 1.09. The highest BCUT2D eigenvalue weighted by atomic mass is 16.5. The van der Waals surface area contributed by atoms with Crippen LogP contribution in [0.4, 0.5) is 5.69 Å². The minimum Gasteiger partial charge on any atom is -0.493 e. The van der Waals surface area contributed by atoms with Gasteiger partial charge in [-0.25, -0.2) is 0 Å². The summed E-state index contributed by atoms with van der Waals surface area (Å²) >= 11 is 0. The van der Waals surface area contributed by atoms with E-state index >= 15 is 0 Å². The lowest BCUT2D eigenvalue weighted by Crippen LogP contribution is -2.08. The molecule has 0 spiro atoms. The molecular weight excluding hydrogens is 368 g/mol. The molecular formula is C23H26N2O4. The van der Waals surface area contributed by atoms with Crippen molar-refractivity contribution in [2.24, 2.45) is 7.05 Å². The number of aromatic nitrogens is 1. The van der Waals surface area contributed by atoms with E-state index in [0.717, 1.165) is 22.2 Å². The summed E-state index contributed by atoms with van der Waals surface area (Å²) in [6, 6.07) is 9.59. The van der Waals surface area contributed by atoms with Crippen molar-refractivity contribution in [3.8, 4) is 17.2 Å². The van der Waals surface area contributed by atoms with Crippen LogP contribution in [-0.2, 0) is 7.05 Å². The number of hydrogen-bond donors (Lipinski definition) is 0. The first kappa shape index (κ1) is 20.3. The lowest BCUT2D eigenvalue weighted by molar-refractivity contribution is 0.104. The monoisotopic (exact) mass is 394 g/mol. The molecule has 0 aliphatic rings. The van der Waals surface area contributed by atoms with Crippen LogP contribution in [0.5, 0.6) is 17.2 Å². The second-order valence-electron chi connectivity index (χ2n) is 6.90. The predicted octanol–water partition coefficient (Wildman–Crippen LogP) is 4.17. The molecule has 6 heteroatoms. The molecule has 0 bridgehead atoms. The van der Waals surface area contributed by atoms with Crippen LogP contribution in [0.15, 0.2) is 42.6 Å². The molecule has 0 fully saturated rings. The van der Waals surface area contributed by atoms with Crippen molar-refractivity contribution in [1.29, 1.82) is 0 Å². The largest absolute Gasteiger partial charge is 0.493 e. The number of nitrogens with zero attached hydrogens (tertiary/aromatic N) is 2. The molecule has 0 amide bonds. The van der Waals surface area contributed by atoms with Gasteiger partial charge in [-0.3, -0.25) is 4.79 Å². The summed E-state index contributed by atoms with van der Waals surface area (Å²) in [7, 11) is 10.6. The fraction of sp³-hybridized carbons (Fsp3) is 0.261. The molecule has 0 aliphatic heterocycles. The maximum absolute atomic E-state index is 12.8. The molecule has 1 aromatic heterocycles. The number of hydrogen-bond acceptors (Lipinski definition) is 5. The number of carbonyl (C=O) groups is 1. The first-order valence-corrected chi connectivity index (χ1v) is 9.18. The van der Waals surface area contributed by atoms with Crippen molar-refractivity contribution in [2.75, 3.05) is 40.3 Å². The molecule has 6 nitrogen and oxygen atoms in total. The van der Waals surface area contributed by atoms with E-state index < -0.39 is 0 Å². The molecule has 0 atom stereocenters.